The molecule has 26 heavy (non-hydrogen) atoms. The maximum absolute atomic E-state index is 13.0. The van der Waals surface area contributed by atoms with Crippen LogP contribution in [-0.2, 0) is 13.0 Å². The molecule has 0 aliphatic carbocycles. The first-order chi connectivity index (χ1) is 12.7. The van der Waals surface area contributed by atoms with E-state index in [0.29, 0.717) is 11.8 Å². The monoisotopic (exact) mass is 362 g/mol. The van der Waals surface area contributed by atoms with Crippen molar-refractivity contribution < 1.29 is 5.11 Å². The largest absolute Gasteiger partial charge is 0.391 e. The predicted octanol–water partition coefficient (Wildman–Crippen LogP) is 3.73. The normalized spacial score (nSPS) is 12.3. The van der Waals surface area contributed by atoms with E-state index in [4.69, 9.17) is 0 Å². The molecule has 1 N–H and O–H groups in total. The zero-order chi connectivity index (χ0) is 17.9. The van der Waals surface area contributed by atoms with Crippen molar-refractivity contribution in [2.45, 2.75) is 19.1 Å². The number of aliphatic hydroxyl groups is 1. The molecule has 4 rings (SSSR count). The molecule has 0 aliphatic heterocycles. The average molecular weight is 362 g/mol. The molecule has 0 aliphatic rings. The fourth-order valence-electron chi connectivity index (χ4n) is 3.11. The van der Waals surface area contributed by atoms with Gasteiger partial charge in [-0.1, -0.05) is 60.7 Å². The van der Waals surface area contributed by atoms with Crippen LogP contribution in [0.4, 0.5) is 0 Å². The molecule has 0 saturated carbocycles. The Kier molecular flexibility index (Phi) is 4.65. The third-order valence-electron chi connectivity index (χ3n) is 4.37. The standard InChI is InChI=1S/C21H18N2O2S/c24-17(11-15-7-3-1-4-8-15)12-23-14-22-20-19(21(23)25)18(13-26-20)16-9-5-2-6-10-16/h1-10,13-14,17,24H,11-12H2. The van der Waals surface area contributed by atoms with Gasteiger partial charge in [-0.2, -0.15) is 0 Å². The van der Waals surface area contributed by atoms with Gasteiger partial charge in [-0.3, -0.25) is 9.36 Å². The number of hydrogen-bond donors (Lipinski definition) is 1. The summed E-state index contributed by atoms with van der Waals surface area (Å²) in [6.07, 6.45) is 1.39. The number of aromatic nitrogens is 2. The molecule has 0 bridgehead atoms. The molecule has 0 fully saturated rings. The van der Waals surface area contributed by atoms with Crippen molar-refractivity contribution in [2.75, 3.05) is 0 Å². The summed E-state index contributed by atoms with van der Waals surface area (Å²) in [7, 11) is 0. The van der Waals surface area contributed by atoms with Crippen LogP contribution in [0.5, 0.6) is 0 Å². The average Bonchev–Trinajstić information content (AvgIpc) is 3.10. The Morgan fingerprint density at radius 3 is 2.46 bits per heavy atom. The van der Waals surface area contributed by atoms with Crippen LogP contribution in [0.2, 0.25) is 0 Å². The molecule has 2 heterocycles. The van der Waals surface area contributed by atoms with Crippen molar-refractivity contribution in [2.24, 2.45) is 0 Å². The maximum Gasteiger partial charge on any atom is 0.262 e. The topological polar surface area (TPSA) is 55.1 Å². The van der Waals surface area contributed by atoms with E-state index in [1.807, 2.05) is 66.0 Å². The van der Waals surface area contributed by atoms with Gasteiger partial charge in [0.15, 0.2) is 0 Å². The number of benzene rings is 2. The molecular weight excluding hydrogens is 344 g/mol. The van der Waals surface area contributed by atoms with Crippen LogP contribution >= 0.6 is 11.3 Å². The summed E-state index contributed by atoms with van der Waals surface area (Å²) in [5.74, 6) is 0. The number of thiophene rings is 1. The van der Waals surface area contributed by atoms with E-state index < -0.39 is 6.10 Å². The third kappa shape index (κ3) is 3.31. The second kappa shape index (κ2) is 7.23. The van der Waals surface area contributed by atoms with Gasteiger partial charge in [0.25, 0.3) is 5.56 Å². The first kappa shape index (κ1) is 16.7. The Morgan fingerprint density at radius 1 is 1.04 bits per heavy atom. The minimum atomic E-state index is -0.645. The van der Waals surface area contributed by atoms with Crippen molar-refractivity contribution in [3.05, 3.63) is 88.3 Å². The highest BCUT2D eigenvalue weighted by Crippen LogP contribution is 2.30. The van der Waals surface area contributed by atoms with Crippen LogP contribution in [0.25, 0.3) is 21.3 Å². The van der Waals surface area contributed by atoms with E-state index in [9.17, 15) is 9.90 Å². The van der Waals surface area contributed by atoms with Crippen LogP contribution in [-0.4, -0.2) is 20.8 Å². The van der Waals surface area contributed by atoms with Crippen LogP contribution in [0.1, 0.15) is 5.56 Å². The van der Waals surface area contributed by atoms with E-state index in [-0.39, 0.29) is 12.1 Å². The maximum atomic E-state index is 13.0. The van der Waals surface area contributed by atoms with Crippen LogP contribution in [0, 0.1) is 0 Å². The Hall–Kier alpha value is -2.76. The lowest BCUT2D eigenvalue weighted by Crippen LogP contribution is -2.28. The van der Waals surface area contributed by atoms with Gasteiger partial charge >= 0.3 is 0 Å². The summed E-state index contributed by atoms with van der Waals surface area (Å²) in [6.45, 7) is 0.223. The lowest BCUT2D eigenvalue weighted by Gasteiger charge is -2.12. The van der Waals surface area contributed by atoms with E-state index in [0.717, 1.165) is 21.5 Å². The zero-order valence-corrected chi connectivity index (χ0v) is 14.9. The summed E-state index contributed by atoms with van der Waals surface area (Å²) in [4.78, 5) is 18.1. The van der Waals surface area contributed by atoms with Crippen molar-refractivity contribution in [1.29, 1.82) is 0 Å². The Labute approximate surface area is 155 Å². The molecule has 4 aromatic rings. The fourth-order valence-corrected chi connectivity index (χ4v) is 4.01. The molecule has 0 spiro atoms. The summed E-state index contributed by atoms with van der Waals surface area (Å²) in [6, 6.07) is 19.6. The second-order valence-corrected chi connectivity index (χ2v) is 7.10. The molecule has 2 aromatic carbocycles. The lowest BCUT2D eigenvalue weighted by molar-refractivity contribution is 0.153. The van der Waals surface area contributed by atoms with Gasteiger partial charge in [-0.05, 0) is 11.1 Å². The second-order valence-electron chi connectivity index (χ2n) is 6.24. The molecular formula is C21H18N2O2S. The predicted molar refractivity (Wildman–Crippen MR) is 105 cm³/mol. The molecule has 2 aromatic heterocycles. The SMILES string of the molecule is O=c1c2c(-c3ccccc3)csc2ncn1CC(O)Cc1ccccc1. The molecule has 1 atom stereocenters. The smallest absolute Gasteiger partial charge is 0.262 e. The Balaban J connectivity index is 1.66. The van der Waals surface area contributed by atoms with Crippen LogP contribution < -0.4 is 5.56 Å². The van der Waals surface area contributed by atoms with Crippen LogP contribution in [0.3, 0.4) is 0 Å². The molecule has 5 heteroatoms. The first-order valence-electron chi connectivity index (χ1n) is 8.46. The fraction of sp³-hybridized carbons (Fsp3) is 0.143. The Bertz CT molecular complexity index is 1070. The quantitative estimate of drug-likeness (QED) is 0.589. The minimum Gasteiger partial charge on any atom is -0.391 e. The van der Waals surface area contributed by atoms with Gasteiger partial charge in [-0.15, -0.1) is 11.3 Å². The van der Waals surface area contributed by atoms with E-state index >= 15 is 0 Å². The van der Waals surface area contributed by atoms with Gasteiger partial charge < -0.3 is 5.11 Å². The molecule has 0 amide bonds. The van der Waals surface area contributed by atoms with Crippen molar-refractivity contribution in [1.82, 2.24) is 9.55 Å². The Morgan fingerprint density at radius 2 is 1.73 bits per heavy atom. The van der Waals surface area contributed by atoms with Gasteiger partial charge in [0, 0.05) is 17.4 Å². The van der Waals surface area contributed by atoms with Gasteiger partial charge in [0.1, 0.15) is 4.83 Å². The lowest BCUT2D eigenvalue weighted by atomic mass is 10.1. The highest BCUT2D eigenvalue weighted by molar-refractivity contribution is 7.17. The van der Waals surface area contributed by atoms with Gasteiger partial charge in [0.2, 0.25) is 0 Å². The molecule has 130 valence electrons. The van der Waals surface area contributed by atoms with E-state index in [1.54, 1.807) is 0 Å². The number of nitrogens with zero attached hydrogens (tertiary/aromatic N) is 2. The van der Waals surface area contributed by atoms with E-state index in [2.05, 4.69) is 4.98 Å². The van der Waals surface area contributed by atoms with Crippen LogP contribution in [0.15, 0.2) is 77.2 Å². The molecule has 0 saturated heterocycles. The number of rotatable bonds is 5. The van der Waals surface area contributed by atoms with Gasteiger partial charge in [-0.25, -0.2) is 4.98 Å². The van der Waals surface area contributed by atoms with Crippen molar-refractivity contribution in [3.63, 3.8) is 0 Å². The summed E-state index contributed by atoms with van der Waals surface area (Å²) < 4.78 is 1.51. The highest BCUT2D eigenvalue weighted by Gasteiger charge is 2.15. The number of fused-ring (bicyclic) bond motifs is 1. The summed E-state index contributed by atoms with van der Waals surface area (Å²) in [5.41, 5.74) is 2.83. The minimum absolute atomic E-state index is 0.109. The zero-order valence-electron chi connectivity index (χ0n) is 14.1. The summed E-state index contributed by atoms with van der Waals surface area (Å²) in [5, 5.41) is 13.0. The molecule has 4 nitrogen and oxygen atoms in total. The first-order valence-corrected chi connectivity index (χ1v) is 9.34. The van der Waals surface area contributed by atoms with Crippen molar-refractivity contribution in [3.8, 4) is 11.1 Å². The molecule has 1 unspecified atom stereocenters. The number of hydrogen-bond acceptors (Lipinski definition) is 4. The van der Waals surface area contributed by atoms with E-state index in [1.165, 1.54) is 22.2 Å². The van der Waals surface area contributed by atoms with Gasteiger partial charge in [0.05, 0.1) is 24.4 Å². The third-order valence-corrected chi connectivity index (χ3v) is 5.25. The molecule has 0 radical (unpaired) electrons. The summed E-state index contributed by atoms with van der Waals surface area (Å²) >= 11 is 1.47. The highest BCUT2D eigenvalue weighted by atomic mass is 32.1. The number of aliphatic hydroxyl groups excluding tert-OH is 1. The van der Waals surface area contributed by atoms with Crippen molar-refractivity contribution >= 4 is 21.6 Å².